The molecule has 0 heterocycles. The lowest BCUT2D eigenvalue weighted by Gasteiger charge is -2.08. The monoisotopic (exact) mass is 494 g/mol. The van der Waals surface area contributed by atoms with E-state index in [0.717, 1.165) is 33.9 Å². The maximum Gasteiger partial charge on any atom is 0.343 e. The van der Waals surface area contributed by atoms with Crippen molar-refractivity contribution in [3.05, 3.63) is 125 Å². The van der Waals surface area contributed by atoms with E-state index >= 15 is 0 Å². The number of hydrogen-bond donors (Lipinski definition) is 0. The van der Waals surface area contributed by atoms with E-state index in [9.17, 15) is 14.4 Å². The van der Waals surface area contributed by atoms with Crippen LogP contribution in [-0.4, -0.2) is 17.9 Å². The second kappa shape index (κ2) is 12.7. The molecule has 0 atom stereocenters. The molecule has 0 aliphatic carbocycles. The van der Waals surface area contributed by atoms with Crippen molar-refractivity contribution in [1.29, 1.82) is 0 Å². The van der Waals surface area contributed by atoms with E-state index in [1.807, 2.05) is 37.3 Å². The fraction of sp³-hybridized carbons (Fsp3) is 0.129. The van der Waals surface area contributed by atoms with Crippen molar-refractivity contribution in [3.8, 4) is 17.6 Å². The van der Waals surface area contributed by atoms with Gasteiger partial charge in [-0.05, 0) is 73.0 Å². The number of esters is 3. The van der Waals surface area contributed by atoms with Gasteiger partial charge in [0, 0.05) is 22.8 Å². The normalized spacial score (nSPS) is 9.89. The maximum atomic E-state index is 12.7. The average Bonchev–Trinajstić information content (AvgIpc) is 2.90. The van der Waals surface area contributed by atoms with Crippen LogP contribution in [0.2, 0.25) is 0 Å². The van der Waals surface area contributed by atoms with Crippen LogP contribution in [-0.2, 0) is 32.3 Å². The molecule has 0 unspecified atom stereocenters. The summed E-state index contributed by atoms with van der Waals surface area (Å²) in [5, 5.41) is 0. The van der Waals surface area contributed by atoms with Gasteiger partial charge in [-0.1, -0.05) is 49.3 Å². The van der Waals surface area contributed by atoms with Crippen molar-refractivity contribution in [2.75, 3.05) is 0 Å². The molecule has 37 heavy (non-hydrogen) atoms. The van der Waals surface area contributed by atoms with Crippen LogP contribution in [0, 0.1) is 18.8 Å². The van der Waals surface area contributed by atoms with Gasteiger partial charge in [0.2, 0.25) is 0 Å². The highest BCUT2D eigenvalue weighted by atomic mass is 16.5. The molecular weight excluding hydrogens is 468 g/mol. The van der Waals surface area contributed by atoms with E-state index < -0.39 is 17.9 Å². The molecule has 0 saturated carbocycles. The largest absolute Gasteiger partial charge is 0.458 e. The molecule has 0 aliphatic heterocycles. The van der Waals surface area contributed by atoms with Crippen LogP contribution < -0.4 is 4.74 Å². The Bertz CT molecular complexity index is 1390. The minimum absolute atomic E-state index is 0.107. The standard InChI is InChI=1S/C31H26O6/c1-5-29(32)35-19-26-12-15-27(16-13-26)37-31(34)28-17-14-24(18-22(28)4)9-6-23-7-10-25(11-8-23)20-36-30(33)21(2)3/h5,7-8,10-18H,1-2,19-20H2,3-4H3. The minimum Gasteiger partial charge on any atom is -0.458 e. The van der Waals surface area contributed by atoms with Crippen LogP contribution in [0.1, 0.15) is 45.1 Å². The summed E-state index contributed by atoms with van der Waals surface area (Å²) in [5.74, 6) is 5.15. The number of hydrogen-bond acceptors (Lipinski definition) is 6. The van der Waals surface area contributed by atoms with Crippen LogP contribution in [0.4, 0.5) is 0 Å². The summed E-state index contributed by atoms with van der Waals surface area (Å²) < 4.78 is 15.6. The molecule has 0 spiro atoms. The summed E-state index contributed by atoms with van der Waals surface area (Å²) in [4.78, 5) is 35.3. The van der Waals surface area contributed by atoms with Crippen LogP contribution in [0.25, 0.3) is 0 Å². The smallest absolute Gasteiger partial charge is 0.343 e. The van der Waals surface area contributed by atoms with E-state index in [4.69, 9.17) is 14.2 Å². The first-order valence-corrected chi connectivity index (χ1v) is 11.4. The second-order valence-electron chi connectivity index (χ2n) is 8.18. The fourth-order valence-electron chi connectivity index (χ4n) is 3.10. The van der Waals surface area contributed by atoms with Gasteiger partial charge in [0.05, 0.1) is 5.56 Å². The van der Waals surface area contributed by atoms with Gasteiger partial charge in [-0.3, -0.25) is 0 Å². The summed E-state index contributed by atoms with van der Waals surface area (Å²) in [5.41, 5.74) is 4.70. The first-order valence-electron chi connectivity index (χ1n) is 11.4. The quantitative estimate of drug-likeness (QED) is 0.179. The number of carbonyl (C=O) groups is 3. The number of ether oxygens (including phenoxy) is 3. The third-order valence-corrected chi connectivity index (χ3v) is 5.15. The minimum atomic E-state index is -0.504. The van der Waals surface area contributed by atoms with Crippen molar-refractivity contribution < 1.29 is 28.6 Å². The Morgan fingerprint density at radius 1 is 0.838 bits per heavy atom. The predicted molar refractivity (Wildman–Crippen MR) is 140 cm³/mol. The van der Waals surface area contributed by atoms with Gasteiger partial charge >= 0.3 is 17.9 Å². The van der Waals surface area contributed by atoms with Gasteiger partial charge in [-0.15, -0.1) is 0 Å². The van der Waals surface area contributed by atoms with Crippen molar-refractivity contribution in [3.63, 3.8) is 0 Å². The number of benzene rings is 3. The molecule has 3 rings (SSSR count). The van der Waals surface area contributed by atoms with Crippen LogP contribution >= 0.6 is 0 Å². The van der Waals surface area contributed by atoms with Crippen molar-refractivity contribution in [2.45, 2.75) is 27.1 Å². The highest BCUT2D eigenvalue weighted by Crippen LogP contribution is 2.18. The molecule has 186 valence electrons. The molecule has 0 N–H and O–H groups in total. The molecule has 0 radical (unpaired) electrons. The lowest BCUT2D eigenvalue weighted by molar-refractivity contribution is -0.140. The Hall–Kier alpha value is -4.89. The zero-order valence-electron chi connectivity index (χ0n) is 20.7. The summed E-state index contributed by atoms with van der Waals surface area (Å²) in [6, 6.07) is 19.4. The highest BCUT2D eigenvalue weighted by Gasteiger charge is 2.12. The summed E-state index contributed by atoms with van der Waals surface area (Å²) in [6.45, 7) is 10.6. The van der Waals surface area contributed by atoms with E-state index in [1.165, 1.54) is 0 Å². The molecule has 3 aromatic carbocycles. The molecule has 0 bridgehead atoms. The molecule has 0 saturated heterocycles. The number of carbonyl (C=O) groups excluding carboxylic acids is 3. The second-order valence-corrected chi connectivity index (χ2v) is 8.18. The van der Waals surface area contributed by atoms with Crippen LogP contribution in [0.15, 0.2) is 91.5 Å². The molecule has 6 nitrogen and oxygen atoms in total. The number of rotatable bonds is 8. The van der Waals surface area contributed by atoms with E-state index in [0.29, 0.717) is 16.9 Å². The third-order valence-electron chi connectivity index (χ3n) is 5.15. The van der Waals surface area contributed by atoms with Gasteiger partial charge in [-0.25, -0.2) is 14.4 Å². The lowest BCUT2D eigenvalue weighted by atomic mass is 10.0. The lowest BCUT2D eigenvalue weighted by Crippen LogP contribution is -2.10. The zero-order chi connectivity index (χ0) is 26.8. The topological polar surface area (TPSA) is 78.9 Å². The Morgan fingerprint density at radius 3 is 2.00 bits per heavy atom. The van der Waals surface area contributed by atoms with E-state index in [2.05, 4.69) is 25.0 Å². The molecule has 0 fully saturated rings. The molecule has 6 heteroatoms. The van der Waals surface area contributed by atoms with Crippen molar-refractivity contribution in [2.24, 2.45) is 0 Å². The average molecular weight is 495 g/mol. The summed E-state index contributed by atoms with van der Waals surface area (Å²) in [6.07, 6.45) is 1.10. The van der Waals surface area contributed by atoms with E-state index in [1.54, 1.807) is 43.3 Å². The fourth-order valence-corrected chi connectivity index (χ4v) is 3.10. The Balaban J connectivity index is 1.59. The van der Waals surface area contributed by atoms with Gasteiger partial charge in [0.1, 0.15) is 19.0 Å². The third kappa shape index (κ3) is 8.08. The van der Waals surface area contributed by atoms with Gasteiger partial charge in [0.15, 0.2) is 0 Å². The molecular formula is C31H26O6. The summed E-state index contributed by atoms with van der Waals surface area (Å²) >= 11 is 0. The number of aryl methyl sites for hydroxylation is 1. The first kappa shape index (κ1) is 26.7. The molecule has 0 aromatic heterocycles. The Kier molecular flexibility index (Phi) is 9.17. The zero-order valence-corrected chi connectivity index (χ0v) is 20.7. The summed E-state index contributed by atoms with van der Waals surface area (Å²) in [7, 11) is 0. The highest BCUT2D eigenvalue weighted by molar-refractivity contribution is 5.92. The van der Waals surface area contributed by atoms with Crippen LogP contribution in [0.3, 0.4) is 0 Å². The first-order chi connectivity index (χ1) is 17.7. The molecule has 0 amide bonds. The van der Waals surface area contributed by atoms with Crippen LogP contribution in [0.5, 0.6) is 5.75 Å². The van der Waals surface area contributed by atoms with Crippen molar-refractivity contribution in [1.82, 2.24) is 0 Å². The predicted octanol–water partition coefficient (Wildman–Crippen LogP) is 5.46. The van der Waals surface area contributed by atoms with E-state index in [-0.39, 0.29) is 13.2 Å². The van der Waals surface area contributed by atoms with Gasteiger partial charge < -0.3 is 14.2 Å². The Morgan fingerprint density at radius 2 is 1.41 bits per heavy atom. The van der Waals surface area contributed by atoms with Gasteiger partial charge in [-0.2, -0.15) is 0 Å². The Labute approximate surface area is 216 Å². The molecule has 3 aromatic rings. The van der Waals surface area contributed by atoms with Gasteiger partial charge in [0.25, 0.3) is 0 Å². The molecule has 0 aliphatic rings. The SMILES string of the molecule is C=CC(=O)OCc1ccc(OC(=O)c2ccc(C#Cc3ccc(COC(=O)C(=C)C)cc3)cc2C)cc1. The maximum absolute atomic E-state index is 12.7. The van der Waals surface area contributed by atoms with Crippen molar-refractivity contribution >= 4 is 17.9 Å².